The number of hydrogen-bond donors (Lipinski definition) is 1. The molecule has 0 atom stereocenters. The summed E-state index contributed by atoms with van der Waals surface area (Å²) in [6.45, 7) is 1.78. The van der Waals surface area contributed by atoms with Crippen LogP contribution in [-0.2, 0) is 6.54 Å². The minimum Gasteiger partial charge on any atom is -0.473 e. The molecule has 1 aromatic heterocycles. The highest BCUT2D eigenvalue weighted by Gasteiger charge is 2.24. The zero-order valence-corrected chi connectivity index (χ0v) is 16.6. The van der Waals surface area contributed by atoms with E-state index in [1.165, 1.54) is 0 Å². The molecule has 0 radical (unpaired) electrons. The highest BCUT2D eigenvalue weighted by Crippen LogP contribution is 2.21. The number of rotatable bonds is 6. The van der Waals surface area contributed by atoms with Crippen LogP contribution in [0.1, 0.15) is 18.4 Å². The van der Waals surface area contributed by atoms with E-state index in [2.05, 4.69) is 15.3 Å². The zero-order valence-electron chi connectivity index (χ0n) is 16.6. The largest absolute Gasteiger partial charge is 0.473 e. The molecule has 2 amide bonds. The Balaban J connectivity index is 1.20. The van der Waals surface area contributed by atoms with Crippen LogP contribution in [0.2, 0.25) is 0 Å². The van der Waals surface area contributed by atoms with E-state index < -0.39 is 0 Å². The fourth-order valence-corrected chi connectivity index (χ4v) is 3.28. The number of nitrogens with zero attached hydrogens (tertiary/aromatic N) is 3. The molecule has 7 nitrogen and oxygen atoms in total. The quantitative estimate of drug-likeness (QED) is 0.671. The average molecular weight is 404 g/mol. The Hall–Kier alpha value is -3.61. The number of urea groups is 1. The monoisotopic (exact) mass is 404 g/mol. The summed E-state index contributed by atoms with van der Waals surface area (Å²) in [5.41, 5.74) is 1.02. The Kier molecular flexibility index (Phi) is 6.39. The molecule has 1 aliphatic rings. The van der Waals surface area contributed by atoms with Gasteiger partial charge in [-0.25, -0.2) is 9.78 Å². The maximum absolute atomic E-state index is 12.5. The number of amides is 2. The number of piperidine rings is 1. The van der Waals surface area contributed by atoms with Crippen molar-refractivity contribution in [2.24, 2.45) is 0 Å². The van der Waals surface area contributed by atoms with Crippen LogP contribution in [0.25, 0.3) is 0 Å². The third-order valence-corrected chi connectivity index (χ3v) is 4.90. The molecule has 2 heterocycles. The highest BCUT2D eigenvalue weighted by molar-refractivity contribution is 5.74. The van der Waals surface area contributed by atoms with Gasteiger partial charge in [0.25, 0.3) is 0 Å². The van der Waals surface area contributed by atoms with E-state index in [9.17, 15) is 4.79 Å². The van der Waals surface area contributed by atoms with Crippen LogP contribution in [0.15, 0.2) is 73.2 Å². The molecule has 0 spiro atoms. The van der Waals surface area contributed by atoms with Crippen molar-refractivity contribution in [3.63, 3.8) is 0 Å². The summed E-state index contributed by atoms with van der Waals surface area (Å²) in [4.78, 5) is 22.4. The minimum absolute atomic E-state index is 0.0578. The van der Waals surface area contributed by atoms with Gasteiger partial charge in [0, 0.05) is 44.9 Å². The van der Waals surface area contributed by atoms with Gasteiger partial charge in [0.1, 0.15) is 17.6 Å². The standard InChI is InChI=1S/C23H24N4O3/c28-23(27-14-10-21(11-15-27)30-22-17-24-12-13-25-22)26-16-18-6-8-20(9-7-18)29-19-4-2-1-3-5-19/h1-9,12-13,17,21H,10-11,14-16H2,(H,26,28). The van der Waals surface area contributed by atoms with Gasteiger partial charge >= 0.3 is 6.03 Å². The molecule has 0 unspecified atom stereocenters. The number of likely N-dealkylation sites (tertiary alicyclic amines) is 1. The molecule has 0 saturated carbocycles. The number of carbonyl (C=O) groups is 1. The highest BCUT2D eigenvalue weighted by atomic mass is 16.5. The number of hydrogen-bond acceptors (Lipinski definition) is 5. The summed E-state index contributed by atoms with van der Waals surface area (Å²) in [7, 11) is 0. The third-order valence-electron chi connectivity index (χ3n) is 4.90. The molecule has 2 aromatic carbocycles. The smallest absolute Gasteiger partial charge is 0.317 e. The maximum Gasteiger partial charge on any atom is 0.317 e. The summed E-state index contributed by atoms with van der Waals surface area (Å²) in [6, 6.07) is 17.3. The normalized spacial score (nSPS) is 14.2. The molecule has 154 valence electrons. The third kappa shape index (κ3) is 5.47. The van der Waals surface area contributed by atoms with Gasteiger partial charge in [0.2, 0.25) is 5.88 Å². The van der Waals surface area contributed by atoms with E-state index in [-0.39, 0.29) is 12.1 Å². The van der Waals surface area contributed by atoms with E-state index in [1.807, 2.05) is 59.5 Å². The van der Waals surface area contributed by atoms with Crippen molar-refractivity contribution in [3.8, 4) is 17.4 Å². The Morgan fingerprint density at radius 3 is 2.43 bits per heavy atom. The summed E-state index contributed by atoms with van der Waals surface area (Å²) in [5.74, 6) is 2.09. The van der Waals surface area contributed by atoms with Gasteiger partial charge in [0.15, 0.2) is 0 Å². The van der Waals surface area contributed by atoms with Crippen LogP contribution in [0.5, 0.6) is 17.4 Å². The van der Waals surface area contributed by atoms with Crippen LogP contribution in [0.4, 0.5) is 4.79 Å². The van der Waals surface area contributed by atoms with Crippen molar-refractivity contribution in [2.75, 3.05) is 13.1 Å². The Labute approximate surface area is 175 Å². The van der Waals surface area contributed by atoms with Crippen molar-refractivity contribution in [1.82, 2.24) is 20.2 Å². The molecule has 3 aromatic rings. The van der Waals surface area contributed by atoms with Crippen LogP contribution in [0.3, 0.4) is 0 Å². The van der Waals surface area contributed by atoms with Crippen molar-refractivity contribution in [2.45, 2.75) is 25.5 Å². The molecule has 0 bridgehead atoms. The molecule has 4 rings (SSSR count). The summed E-state index contributed by atoms with van der Waals surface area (Å²) >= 11 is 0. The van der Waals surface area contributed by atoms with E-state index in [4.69, 9.17) is 9.47 Å². The van der Waals surface area contributed by atoms with E-state index in [0.29, 0.717) is 25.5 Å². The second kappa shape index (κ2) is 9.73. The van der Waals surface area contributed by atoms with E-state index in [1.54, 1.807) is 18.6 Å². The number of carbonyl (C=O) groups excluding carboxylic acids is 1. The van der Waals surface area contributed by atoms with E-state index in [0.717, 1.165) is 29.9 Å². The van der Waals surface area contributed by atoms with Gasteiger partial charge in [0.05, 0.1) is 6.20 Å². The number of nitrogens with one attached hydrogen (secondary N) is 1. The van der Waals surface area contributed by atoms with Gasteiger partial charge in [-0.05, 0) is 29.8 Å². The fraction of sp³-hybridized carbons (Fsp3) is 0.261. The topological polar surface area (TPSA) is 76.6 Å². The van der Waals surface area contributed by atoms with Crippen LogP contribution in [-0.4, -0.2) is 40.1 Å². The van der Waals surface area contributed by atoms with Crippen molar-refractivity contribution in [3.05, 3.63) is 78.8 Å². The van der Waals surface area contributed by atoms with Gasteiger partial charge in [-0.15, -0.1) is 0 Å². The zero-order chi connectivity index (χ0) is 20.6. The second-order valence-electron chi connectivity index (χ2n) is 7.07. The first-order valence-electron chi connectivity index (χ1n) is 10.0. The number of ether oxygens (including phenoxy) is 2. The summed E-state index contributed by atoms with van der Waals surface area (Å²) in [5, 5.41) is 2.99. The molecule has 1 saturated heterocycles. The molecular weight excluding hydrogens is 380 g/mol. The lowest BCUT2D eigenvalue weighted by Crippen LogP contribution is -2.46. The molecule has 1 aliphatic heterocycles. The summed E-state index contributed by atoms with van der Waals surface area (Å²) in [6.07, 6.45) is 6.44. The van der Waals surface area contributed by atoms with Gasteiger partial charge < -0.3 is 19.7 Å². The lowest BCUT2D eigenvalue weighted by molar-refractivity contribution is 0.107. The maximum atomic E-state index is 12.5. The Morgan fingerprint density at radius 1 is 1.00 bits per heavy atom. The average Bonchev–Trinajstić information content (AvgIpc) is 2.80. The van der Waals surface area contributed by atoms with Crippen LogP contribution < -0.4 is 14.8 Å². The van der Waals surface area contributed by atoms with Crippen LogP contribution >= 0.6 is 0 Å². The number of para-hydroxylation sites is 1. The lowest BCUT2D eigenvalue weighted by atomic mass is 10.1. The molecule has 0 aliphatic carbocycles. The molecule has 30 heavy (non-hydrogen) atoms. The second-order valence-corrected chi connectivity index (χ2v) is 7.07. The van der Waals surface area contributed by atoms with Crippen molar-refractivity contribution >= 4 is 6.03 Å². The van der Waals surface area contributed by atoms with Gasteiger partial charge in [-0.1, -0.05) is 30.3 Å². The van der Waals surface area contributed by atoms with Gasteiger partial charge in [-0.3, -0.25) is 4.98 Å². The van der Waals surface area contributed by atoms with Crippen LogP contribution in [0, 0.1) is 0 Å². The fourth-order valence-electron chi connectivity index (χ4n) is 3.28. The predicted octanol–water partition coefficient (Wildman–Crippen LogP) is 4.02. The number of aromatic nitrogens is 2. The van der Waals surface area contributed by atoms with Crippen molar-refractivity contribution in [1.29, 1.82) is 0 Å². The first-order chi connectivity index (χ1) is 14.8. The molecular formula is C23H24N4O3. The lowest BCUT2D eigenvalue weighted by Gasteiger charge is -2.31. The Morgan fingerprint density at radius 2 is 1.73 bits per heavy atom. The molecule has 7 heteroatoms. The predicted molar refractivity (Wildman–Crippen MR) is 112 cm³/mol. The minimum atomic E-state index is -0.0578. The first kappa shape index (κ1) is 19.7. The van der Waals surface area contributed by atoms with E-state index >= 15 is 0 Å². The number of benzene rings is 2. The van der Waals surface area contributed by atoms with Crippen molar-refractivity contribution < 1.29 is 14.3 Å². The first-order valence-corrected chi connectivity index (χ1v) is 10.0. The molecule has 1 N–H and O–H groups in total. The Bertz CT molecular complexity index is 928. The summed E-state index contributed by atoms with van der Waals surface area (Å²) < 4.78 is 11.6. The van der Waals surface area contributed by atoms with Gasteiger partial charge in [-0.2, -0.15) is 0 Å². The molecule has 1 fully saturated rings. The SMILES string of the molecule is O=C(NCc1ccc(Oc2ccccc2)cc1)N1CCC(Oc2cnccn2)CC1.